The lowest BCUT2D eigenvalue weighted by atomic mass is 10.1. The SMILES string of the molecule is Cc1ccc(Oc2cc(Cl)c(C)cc2C(=O)Nc2ccc(C(=O)O)nc2)c(C)c1. The number of carbonyl (C=O) groups excluding carboxylic acids is 1. The van der Waals surface area contributed by atoms with Crippen LogP contribution >= 0.6 is 11.6 Å². The zero-order valence-corrected chi connectivity index (χ0v) is 16.9. The summed E-state index contributed by atoms with van der Waals surface area (Å²) in [5.41, 5.74) is 3.32. The van der Waals surface area contributed by atoms with Crippen molar-refractivity contribution in [3.8, 4) is 11.5 Å². The van der Waals surface area contributed by atoms with E-state index < -0.39 is 11.9 Å². The predicted molar refractivity (Wildman–Crippen MR) is 111 cm³/mol. The molecule has 0 unspecified atom stereocenters. The molecule has 3 rings (SSSR count). The molecular formula is C22H19ClN2O4. The molecule has 0 saturated heterocycles. The Balaban J connectivity index is 1.92. The molecular weight excluding hydrogens is 392 g/mol. The number of hydrogen-bond donors (Lipinski definition) is 2. The van der Waals surface area contributed by atoms with Gasteiger partial charge in [-0.1, -0.05) is 29.3 Å². The molecule has 3 aromatic rings. The molecule has 1 aromatic heterocycles. The zero-order valence-electron chi connectivity index (χ0n) is 16.1. The first-order valence-electron chi connectivity index (χ1n) is 8.80. The number of carboxylic acids is 1. The molecule has 1 amide bonds. The molecule has 0 aliphatic rings. The Labute approximate surface area is 173 Å². The third-order valence-corrected chi connectivity index (χ3v) is 4.70. The van der Waals surface area contributed by atoms with Crippen LogP contribution in [0.2, 0.25) is 5.02 Å². The molecule has 2 N–H and O–H groups in total. The van der Waals surface area contributed by atoms with Gasteiger partial charge in [-0.05, 0) is 56.2 Å². The fourth-order valence-electron chi connectivity index (χ4n) is 2.75. The van der Waals surface area contributed by atoms with Gasteiger partial charge < -0.3 is 15.2 Å². The molecule has 7 heteroatoms. The van der Waals surface area contributed by atoms with Crippen molar-refractivity contribution in [1.29, 1.82) is 0 Å². The van der Waals surface area contributed by atoms with Crippen molar-refractivity contribution in [3.63, 3.8) is 0 Å². The summed E-state index contributed by atoms with van der Waals surface area (Å²) in [6.45, 7) is 5.71. The molecule has 1 heterocycles. The Morgan fingerprint density at radius 1 is 1.00 bits per heavy atom. The van der Waals surface area contributed by atoms with Gasteiger partial charge in [-0.2, -0.15) is 0 Å². The van der Waals surface area contributed by atoms with Crippen molar-refractivity contribution >= 4 is 29.2 Å². The number of anilines is 1. The van der Waals surface area contributed by atoms with Crippen molar-refractivity contribution in [3.05, 3.63) is 81.6 Å². The maximum Gasteiger partial charge on any atom is 0.354 e. The largest absolute Gasteiger partial charge is 0.477 e. The summed E-state index contributed by atoms with van der Waals surface area (Å²) in [5, 5.41) is 12.1. The molecule has 148 valence electrons. The van der Waals surface area contributed by atoms with Crippen molar-refractivity contribution in [1.82, 2.24) is 4.98 Å². The average molecular weight is 411 g/mol. The van der Waals surface area contributed by atoms with Crippen LogP contribution in [0.1, 0.15) is 37.5 Å². The lowest BCUT2D eigenvalue weighted by Gasteiger charge is -2.15. The minimum Gasteiger partial charge on any atom is -0.477 e. The van der Waals surface area contributed by atoms with Gasteiger partial charge in [0.15, 0.2) is 0 Å². The van der Waals surface area contributed by atoms with Crippen LogP contribution in [0.4, 0.5) is 5.69 Å². The van der Waals surface area contributed by atoms with Gasteiger partial charge in [-0.15, -0.1) is 0 Å². The molecule has 0 saturated carbocycles. The summed E-state index contributed by atoms with van der Waals surface area (Å²) >= 11 is 6.25. The second-order valence-corrected chi connectivity index (χ2v) is 7.07. The van der Waals surface area contributed by atoms with E-state index in [-0.39, 0.29) is 5.69 Å². The number of hydrogen-bond acceptors (Lipinski definition) is 4. The summed E-state index contributed by atoms with van der Waals surface area (Å²) in [7, 11) is 0. The number of aryl methyl sites for hydroxylation is 3. The third-order valence-electron chi connectivity index (χ3n) is 4.30. The van der Waals surface area contributed by atoms with Crippen molar-refractivity contribution in [2.45, 2.75) is 20.8 Å². The van der Waals surface area contributed by atoms with Gasteiger partial charge in [0.25, 0.3) is 5.91 Å². The number of nitrogens with one attached hydrogen (secondary N) is 1. The minimum atomic E-state index is -1.14. The van der Waals surface area contributed by atoms with Crippen LogP contribution in [-0.4, -0.2) is 22.0 Å². The monoisotopic (exact) mass is 410 g/mol. The molecule has 0 radical (unpaired) electrons. The quantitative estimate of drug-likeness (QED) is 0.587. The highest BCUT2D eigenvalue weighted by molar-refractivity contribution is 6.31. The Bertz CT molecular complexity index is 1090. The van der Waals surface area contributed by atoms with Crippen molar-refractivity contribution in [2.75, 3.05) is 5.32 Å². The van der Waals surface area contributed by atoms with Gasteiger partial charge in [-0.25, -0.2) is 9.78 Å². The highest BCUT2D eigenvalue weighted by Crippen LogP contribution is 2.33. The van der Waals surface area contributed by atoms with Crippen molar-refractivity contribution < 1.29 is 19.4 Å². The highest BCUT2D eigenvalue weighted by atomic mass is 35.5. The van der Waals surface area contributed by atoms with Crippen LogP contribution in [0.25, 0.3) is 0 Å². The molecule has 2 aromatic carbocycles. The van der Waals surface area contributed by atoms with E-state index in [1.165, 1.54) is 18.3 Å². The summed E-state index contributed by atoms with van der Waals surface area (Å²) in [5.74, 6) is -0.619. The fraction of sp³-hybridized carbons (Fsp3) is 0.136. The number of carboxylic acid groups (broad SMARTS) is 1. The molecule has 0 aliphatic carbocycles. The lowest BCUT2D eigenvalue weighted by molar-refractivity contribution is 0.0690. The Kier molecular flexibility index (Phi) is 5.84. The van der Waals surface area contributed by atoms with Gasteiger partial charge in [0.05, 0.1) is 17.4 Å². The second kappa shape index (κ2) is 8.32. The van der Waals surface area contributed by atoms with Gasteiger partial charge in [0.1, 0.15) is 17.2 Å². The number of carbonyl (C=O) groups is 2. The van der Waals surface area contributed by atoms with E-state index in [0.29, 0.717) is 27.8 Å². The van der Waals surface area contributed by atoms with E-state index in [4.69, 9.17) is 21.4 Å². The molecule has 0 bridgehead atoms. The number of halogens is 1. The summed E-state index contributed by atoms with van der Waals surface area (Å²) in [4.78, 5) is 27.6. The van der Waals surface area contributed by atoms with Crippen LogP contribution in [0.15, 0.2) is 48.7 Å². The van der Waals surface area contributed by atoms with Crippen LogP contribution in [0.5, 0.6) is 11.5 Å². The highest BCUT2D eigenvalue weighted by Gasteiger charge is 2.17. The first kappa shape index (κ1) is 20.4. The minimum absolute atomic E-state index is 0.107. The van der Waals surface area contributed by atoms with Gasteiger partial charge in [-0.3, -0.25) is 4.79 Å². The lowest BCUT2D eigenvalue weighted by Crippen LogP contribution is -2.14. The number of ether oxygens (including phenoxy) is 1. The van der Waals surface area contributed by atoms with E-state index >= 15 is 0 Å². The molecule has 0 aliphatic heterocycles. The van der Waals surface area contributed by atoms with E-state index in [0.717, 1.165) is 16.7 Å². The summed E-state index contributed by atoms with van der Waals surface area (Å²) < 4.78 is 6.00. The van der Waals surface area contributed by atoms with E-state index in [1.54, 1.807) is 19.1 Å². The molecule has 6 nitrogen and oxygen atoms in total. The maximum atomic E-state index is 12.9. The number of amides is 1. The molecule has 0 fully saturated rings. The van der Waals surface area contributed by atoms with E-state index in [9.17, 15) is 9.59 Å². The molecule has 0 spiro atoms. The smallest absolute Gasteiger partial charge is 0.354 e. The second-order valence-electron chi connectivity index (χ2n) is 6.66. The number of rotatable bonds is 5. The number of aromatic nitrogens is 1. The number of pyridine rings is 1. The predicted octanol–water partition coefficient (Wildman–Crippen LogP) is 5.40. The van der Waals surface area contributed by atoms with Gasteiger partial charge in [0, 0.05) is 11.1 Å². The molecule has 0 atom stereocenters. The third kappa shape index (κ3) is 4.73. The van der Waals surface area contributed by atoms with Crippen LogP contribution < -0.4 is 10.1 Å². The first-order chi connectivity index (χ1) is 13.7. The number of nitrogens with zero attached hydrogens (tertiary/aromatic N) is 1. The Morgan fingerprint density at radius 3 is 2.38 bits per heavy atom. The van der Waals surface area contributed by atoms with E-state index in [1.807, 2.05) is 32.0 Å². The average Bonchev–Trinajstić information content (AvgIpc) is 2.67. The van der Waals surface area contributed by atoms with Crippen LogP contribution in [0, 0.1) is 20.8 Å². The Morgan fingerprint density at radius 2 is 1.76 bits per heavy atom. The van der Waals surface area contributed by atoms with Gasteiger partial charge in [0.2, 0.25) is 0 Å². The zero-order chi connectivity index (χ0) is 21.1. The topological polar surface area (TPSA) is 88.5 Å². The fourth-order valence-corrected chi connectivity index (χ4v) is 2.90. The van der Waals surface area contributed by atoms with Gasteiger partial charge >= 0.3 is 5.97 Å². The first-order valence-corrected chi connectivity index (χ1v) is 9.18. The van der Waals surface area contributed by atoms with E-state index in [2.05, 4.69) is 10.3 Å². The maximum absolute atomic E-state index is 12.9. The van der Waals surface area contributed by atoms with Crippen LogP contribution in [0.3, 0.4) is 0 Å². The van der Waals surface area contributed by atoms with Crippen molar-refractivity contribution in [2.24, 2.45) is 0 Å². The standard InChI is InChI=1S/C22H19ClN2O4/c1-12-4-7-19(14(3)8-12)29-20-10-17(23)13(2)9-16(20)21(26)25-15-5-6-18(22(27)28)24-11-15/h4-11H,1-3H3,(H,25,26)(H,27,28). The number of benzene rings is 2. The van der Waals surface area contributed by atoms with Crippen LogP contribution in [-0.2, 0) is 0 Å². The normalized spacial score (nSPS) is 10.5. The summed E-state index contributed by atoms with van der Waals surface area (Å²) in [6.07, 6.45) is 1.29. The summed E-state index contributed by atoms with van der Waals surface area (Å²) in [6, 6.07) is 11.8. The number of aromatic carboxylic acids is 1. The molecule has 29 heavy (non-hydrogen) atoms. The Hall–Kier alpha value is -3.38.